The predicted molar refractivity (Wildman–Crippen MR) is 137 cm³/mol. The molecule has 0 unspecified atom stereocenters. The Bertz CT molecular complexity index is 982. The molecule has 5 amide bonds. The lowest BCUT2D eigenvalue weighted by Gasteiger charge is -2.36. The Morgan fingerprint density at radius 3 is 2.32 bits per heavy atom. The van der Waals surface area contributed by atoms with Gasteiger partial charge in [0.15, 0.2) is 0 Å². The van der Waals surface area contributed by atoms with Crippen molar-refractivity contribution < 1.29 is 28.8 Å². The SMILES string of the molecule is CCC[C@@H](C(=O)N[C@@H](C[C@@H]1CCNC1=O)C(=O)C(=O)NC1CC1)N(C)C(=O)[C@@H](C)NC(=O)C1CC2(CC2)C1. The molecule has 3 aliphatic carbocycles. The number of ketones is 1. The van der Waals surface area contributed by atoms with Crippen molar-refractivity contribution in [1.29, 1.82) is 0 Å². The fourth-order valence-corrected chi connectivity index (χ4v) is 5.68. The molecule has 0 aromatic rings. The van der Waals surface area contributed by atoms with Crippen molar-refractivity contribution in [3.63, 3.8) is 0 Å². The summed E-state index contributed by atoms with van der Waals surface area (Å²) >= 11 is 0. The molecule has 4 rings (SSSR count). The second-order valence-corrected chi connectivity index (χ2v) is 11.8. The van der Waals surface area contributed by atoms with Crippen molar-refractivity contribution in [1.82, 2.24) is 26.2 Å². The summed E-state index contributed by atoms with van der Waals surface area (Å²) in [5.41, 5.74) is 0.374. The minimum absolute atomic E-state index is 0.0142. The lowest BCUT2D eigenvalue weighted by Crippen LogP contribution is -2.57. The number of hydrogen-bond acceptors (Lipinski definition) is 6. The zero-order chi connectivity index (χ0) is 27.6. The maximum atomic E-state index is 13.4. The number of nitrogens with zero attached hydrogens (tertiary/aromatic N) is 1. The van der Waals surface area contributed by atoms with Gasteiger partial charge < -0.3 is 26.2 Å². The lowest BCUT2D eigenvalue weighted by atomic mass is 9.71. The topological polar surface area (TPSA) is 154 Å². The van der Waals surface area contributed by atoms with Crippen LogP contribution >= 0.6 is 0 Å². The Balaban J connectivity index is 1.38. The van der Waals surface area contributed by atoms with Crippen LogP contribution in [-0.2, 0) is 28.8 Å². The van der Waals surface area contributed by atoms with Gasteiger partial charge in [0.1, 0.15) is 12.1 Å². The second kappa shape index (κ2) is 11.4. The van der Waals surface area contributed by atoms with Crippen LogP contribution in [0.2, 0.25) is 0 Å². The van der Waals surface area contributed by atoms with Crippen LogP contribution in [0.4, 0.5) is 0 Å². The summed E-state index contributed by atoms with van der Waals surface area (Å²) in [4.78, 5) is 78.2. The second-order valence-electron chi connectivity index (χ2n) is 11.8. The van der Waals surface area contributed by atoms with E-state index in [2.05, 4.69) is 21.3 Å². The van der Waals surface area contributed by atoms with Crippen LogP contribution in [0.25, 0.3) is 0 Å². The quantitative estimate of drug-likeness (QED) is 0.249. The number of Topliss-reactive ketones (excluding diaryl/α,β-unsaturated/α-hetero) is 1. The van der Waals surface area contributed by atoms with Crippen LogP contribution in [0.3, 0.4) is 0 Å². The van der Waals surface area contributed by atoms with Crippen LogP contribution in [0.1, 0.15) is 78.1 Å². The molecule has 0 bridgehead atoms. The Labute approximate surface area is 223 Å². The molecule has 0 radical (unpaired) electrons. The Hall–Kier alpha value is -2.98. The van der Waals surface area contributed by atoms with Gasteiger partial charge in [-0.1, -0.05) is 13.3 Å². The maximum absolute atomic E-state index is 13.4. The molecule has 1 heterocycles. The monoisotopic (exact) mass is 531 g/mol. The normalized spacial score (nSPS) is 23.9. The highest BCUT2D eigenvalue weighted by molar-refractivity contribution is 6.38. The molecule has 3 saturated carbocycles. The van der Waals surface area contributed by atoms with Crippen molar-refractivity contribution in [2.24, 2.45) is 17.3 Å². The van der Waals surface area contributed by atoms with Crippen LogP contribution in [-0.4, -0.2) is 78.0 Å². The number of amides is 5. The molecule has 11 nitrogen and oxygen atoms in total. The van der Waals surface area contributed by atoms with E-state index in [1.165, 1.54) is 24.8 Å². The molecule has 0 aromatic heterocycles. The van der Waals surface area contributed by atoms with Crippen molar-refractivity contribution in [3.05, 3.63) is 0 Å². The van der Waals surface area contributed by atoms with Crippen LogP contribution in [0.5, 0.6) is 0 Å². The van der Waals surface area contributed by atoms with Gasteiger partial charge in [-0.05, 0) is 70.1 Å². The van der Waals surface area contributed by atoms with E-state index in [0.717, 1.165) is 25.7 Å². The zero-order valence-corrected chi connectivity index (χ0v) is 22.6. The molecule has 4 atom stereocenters. The maximum Gasteiger partial charge on any atom is 0.289 e. The van der Waals surface area contributed by atoms with E-state index in [1.807, 2.05) is 6.92 Å². The molecule has 1 saturated heterocycles. The standard InChI is InChI=1S/C27H41N5O6/c1-4-5-20(32(3)26(38)15(2)29-23(35)17-13-27(14-17)9-10-27)24(36)31-19(12-16-8-11-28-22(16)34)21(33)25(37)30-18-6-7-18/h15-20H,4-14H2,1-3H3,(H,28,34)(H,29,35)(H,30,37)(H,31,36)/t15-,16+,19+,20+/m1/s1. The summed E-state index contributed by atoms with van der Waals surface area (Å²) in [6.45, 7) is 3.97. The zero-order valence-electron chi connectivity index (χ0n) is 22.6. The van der Waals surface area contributed by atoms with Crippen LogP contribution in [0.15, 0.2) is 0 Å². The fraction of sp³-hybridized carbons (Fsp3) is 0.778. The summed E-state index contributed by atoms with van der Waals surface area (Å²) in [6.07, 6.45) is 7.17. The molecular formula is C27H41N5O6. The highest BCUT2D eigenvalue weighted by Gasteiger charge is 2.55. The number of carbonyl (C=O) groups is 6. The summed E-state index contributed by atoms with van der Waals surface area (Å²) in [7, 11) is 1.51. The first kappa shape index (κ1) is 28.0. The molecule has 11 heteroatoms. The van der Waals surface area contributed by atoms with Crippen LogP contribution in [0, 0.1) is 17.3 Å². The third-order valence-corrected chi connectivity index (χ3v) is 8.55. The fourth-order valence-electron chi connectivity index (χ4n) is 5.68. The van der Waals surface area contributed by atoms with Gasteiger partial charge in [-0.3, -0.25) is 28.8 Å². The molecule has 1 spiro atoms. The molecule has 1 aliphatic heterocycles. The first-order valence-electron chi connectivity index (χ1n) is 14.0. The third kappa shape index (κ3) is 6.53. The minimum atomic E-state index is -1.18. The van der Waals surface area contributed by atoms with Gasteiger partial charge in [0.05, 0.1) is 6.04 Å². The highest BCUT2D eigenvalue weighted by Crippen LogP contribution is 2.63. The van der Waals surface area contributed by atoms with Crippen molar-refractivity contribution in [3.8, 4) is 0 Å². The molecule has 4 aliphatic rings. The van der Waals surface area contributed by atoms with E-state index in [1.54, 1.807) is 6.92 Å². The minimum Gasteiger partial charge on any atom is -0.356 e. The van der Waals surface area contributed by atoms with E-state index >= 15 is 0 Å². The van der Waals surface area contributed by atoms with E-state index in [9.17, 15) is 28.8 Å². The predicted octanol–water partition coefficient (Wildman–Crippen LogP) is 0.167. The number of rotatable bonds is 13. The number of carbonyl (C=O) groups excluding carboxylic acids is 6. The summed E-state index contributed by atoms with van der Waals surface area (Å²) in [5, 5.41) is 10.9. The van der Waals surface area contributed by atoms with Crippen LogP contribution < -0.4 is 21.3 Å². The van der Waals surface area contributed by atoms with E-state index in [-0.39, 0.29) is 30.2 Å². The average molecular weight is 532 g/mol. The number of likely N-dealkylation sites (N-methyl/N-ethyl adjacent to an activating group) is 1. The van der Waals surface area contributed by atoms with Crippen molar-refractivity contribution in [2.75, 3.05) is 13.6 Å². The first-order chi connectivity index (χ1) is 18.0. The number of nitrogens with one attached hydrogen (secondary N) is 4. The smallest absolute Gasteiger partial charge is 0.289 e. The first-order valence-corrected chi connectivity index (χ1v) is 14.0. The highest BCUT2D eigenvalue weighted by atomic mass is 16.2. The lowest BCUT2D eigenvalue weighted by molar-refractivity contribution is -0.144. The average Bonchev–Trinajstić information content (AvgIpc) is 3.79. The summed E-state index contributed by atoms with van der Waals surface area (Å²) in [6, 6.07) is -2.91. The van der Waals surface area contributed by atoms with Gasteiger partial charge in [-0.15, -0.1) is 0 Å². The van der Waals surface area contributed by atoms with Crippen molar-refractivity contribution >= 4 is 35.3 Å². The molecule has 210 valence electrons. The van der Waals surface area contributed by atoms with Gasteiger partial charge in [-0.2, -0.15) is 0 Å². The van der Waals surface area contributed by atoms with E-state index < -0.39 is 47.5 Å². The molecular weight excluding hydrogens is 490 g/mol. The van der Waals surface area contributed by atoms with E-state index in [0.29, 0.717) is 31.2 Å². The van der Waals surface area contributed by atoms with Crippen molar-refractivity contribution in [2.45, 2.75) is 102 Å². The Kier molecular flexibility index (Phi) is 8.42. The largest absolute Gasteiger partial charge is 0.356 e. The summed E-state index contributed by atoms with van der Waals surface area (Å²) < 4.78 is 0. The molecule has 38 heavy (non-hydrogen) atoms. The Morgan fingerprint density at radius 1 is 1.08 bits per heavy atom. The van der Waals surface area contributed by atoms with Gasteiger partial charge in [-0.25, -0.2) is 0 Å². The van der Waals surface area contributed by atoms with E-state index in [4.69, 9.17) is 0 Å². The molecule has 0 aromatic carbocycles. The summed E-state index contributed by atoms with van der Waals surface area (Å²) in [5.74, 6) is -3.41. The molecule has 4 N–H and O–H groups in total. The van der Waals surface area contributed by atoms with Gasteiger partial charge >= 0.3 is 0 Å². The molecule has 4 fully saturated rings. The third-order valence-electron chi connectivity index (χ3n) is 8.55. The van der Waals surface area contributed by atoms with Gasteiger partial charge in [0, 0.05) is 31.5 Å². The van der Waals surface area contributed by atoms with Gasteiger partial charge in [0.25, 0.3) is 5.91 Å². The Morgan fingerprint density at radius 2 is 1.76 bits per heavy atom. The number of hydrogen-bond donors (Lipinski definition) is 4. The van der Waals surface area contributed by atoms with Gasteiger partial charge in [0.2, 0.25) is 29.4 Å².